The molecule has 0 aliphatic carbocycles. The van der Waals surface area contributed by atoms with Gasteiger partial charge in [0, 0.05) is 31.0 Å². The standard InChI is InChI=1S/C22H26N2O6/c1-13(25)24-18(22-20(29-5)10-15(27-3)11-21(22)30-6)12-17(23-24)16-9-14(26-2)7-8-19(16)28-4/h7-11,18H,12H2,1-6H3. The monoisotopic (exact) mass is 414 g/mol. The molecule has 1 heterocycles. The third kappa shape index (κ3) is 3.85. The van der Waals surface area contributed by atoms with Gasteiger partial charge in [0.2, 0.25) is 5.91 Å². The predicted molar refractivity (Wildman–Crippen MR) is 112 cm³/mol. The van der Waals surface area contributed by atoms with Crippen molar-refractivity contribution in [1.29, 1.82) is 0 Å². The topological polar surface area (TPSA) is 78.8 Å². The normalized spacial score (nSPS) is 15.5. The van der Waals surface area contributed by atoms with E-state index in [4.69, 9.17) is 23.7 Å². The minimum Gasteiger partial charge on any atom is -0.497 e. The lowest BCUT2D eigenvalue weighted by Gasteiger charge is -2.24. The number of carbonyl (C=O) groups is 1. The first-order valence-corrected chi connectivity index (χ1v) is 9.36. The van der Waals surface area contributed by atoms with E-state index in [0.717, 1.165) is 11.1 Å². The molecule has 30 heavy (non-hydrogen) atoms. The number of ether oxygens (including phenoxy) is 5. The van der Waals surface area contributed by atoms with Crippen molar-refractivity contribution >= 4 is 11.6 Å². The number of amides is 1. The van der Waals surface area contributed by atoms with Gasteiger partial charge < -0.3 is 23.7 Å². The van der Waals surface area contributed by atoms with Crippen molar-refractivity contribution in [3.8, 4) is 28.7 Å². The van der Waals surface area contributed by atoms with E-state index in [9.17, 15) is 4.79 Å². The van der Waals surface area contributed by atoms with Crippen LogP contribution in [0.5, 0.6) is 28.7 Å². The van der Waals surface area contributed by atoms with E-state index in [-0.39, 0.29) is 5.91 Å². The van der Waals surface area contributed by atoms with Gasteiger partial charge in [-0.25, -0.2) is 5.01 Å². The van der Waals surface area contributed by atoms with E-state index in [1.807, 2.05) is 18.2 Å². The number of methoxy groups -OCH3 is 5. The fourth-order valence-electron chi connectivity index (χ4n) is 3.59. The van der Waals surface area contributed by atoms with Gasteiger partial charge in [-0.15, -0.1) is 0 Å². The van der Waals surface area contributed by atoms with Gasteiger partial charge in [-0.3, -0.25) is 4.79 Å². The van der Waals surface area contributed by atoms with Gasteiger partial charge in [-0.1, -0.05) is 0 Å². The Bertz CT molecular complexity index is 947. The zero-order valence-corrected chi connectivity index (χ0v) is 18.0. The van der Waals surface area contributed by atoms with E-state index in [0.29, 0.717) is 40.9 Å². The second kappa shape index (κ2) is 8.94. The highest BCUT2D eigenvalue weighted by molar-refractivity contribution is 6.05. The molecule has 0 saturated heterocycles. The summed E-state index contributed by atoms with van der Waals surface area (Å²) in [7, 11) is 7.90. The number of hydrogen-bond donors (Lipinski definition) is 0. The average molecular weight is 414 g/mol. The lowest BCUT2D eigenvalue weighted by Crippen LogP contribution is -2.25. The summed E-state index contributed by atoms with van der Waals surface area (Å²) < 4.78 is 27.4. The van der Waals surface area contributed by atoms with Crippen molar-refractivity contribution in [1.82, 2.24) is 5.01 Å². The van der Waals surface area contributed by atoms with Crippen molar-refractivity contribution in [3.63, 3.8) is 0 Å². The third-order valence-corrected chi connectivity index (χ3v) is 5.04. The zero-order valence-electron chi connectivity index (χ0n) is 18.0. The van der Waals surface area contributed by atoms with E-state index >= 15 is 0 Å². The van der Waals surface area contributed by atoms with Crippen LogP contribution in [0.15, 0.2) is 35.4 Å². The Kier molecular flexibility index (Phi) is 6.34. The molecule has 0 radical (unpaired) electrons. The summed E-state index contributed by atoms with van der Waals surface area (Å²) >= 11 is 0. The van der Waals surface area contributed by atoms with Gasteiger partial charge in [-0.2, -0.15) is 5.10 Å². The van der Waals surface area contributed by atoms with Crippen LogP contribution in [-0.2, 0) is 4.79 Å². The summed E-state index contributed by atoms with van der Waals surface area (Å²) in [4.78, 5) is 12.5. The molecule has 0 bridgehead atoms. The summed E-state index contributed by atoms with van der Waals surface area (Å²) in [6.45, 7) is 1.48. The van der Waals surface area contributed by atoms with Crippen molar-refractivity contribution in [2.24, 2.45) is 5.10 Å². The second-order valence-corrected chi connectivity index (χ2v) is 6.64. The van der Waals surface area contributed by atoms with E-state index in [1.165, 1.54) is 11.9 Å². The third-order valence-electron chi connectivity index (χ3n) is 5.04. The summed E-state index contributed by atoms with van der Waals surface area (Å²) in [5.74, 6) is 2.82. The van der Waals surface area contributed by atoms with Crippen LogP contribution < -0.4 is 23.7 Å². The van der Waals surface area contributed by atoms with E-state index in [1.54, 1.807) is 47.7 Å². The molecule has 0 fully saturated rings. The highest BCUT2D eigenvalue weighted by Gasteiger charge is 2.36. The smallest absolute Gasteiger partial charge is 0.240 e. The Morgan fingerprint density at radius 2 is 1.47 bits per heavy atom. The maximum Gasteiger partial charge on any atom is 0.240 e. The predicted octanol–water partition coefficient (Wildman–Crippen LogP) is 3.43. The molecule has 0 N–H and O–H groups in total. The molecule has 1 unspecified atom stereocenters. The molecule has 1 aliphatic heterocycles. The first-order valence-electron chi connectivity index (χ1n) is 9.36. The second-order valence-electron chi connectivity index (χ2n) is 6.64. The molecule has 1 amide bonds. The Balaban J connectivity index is 2.11. The largest absolute Gasteiger partial charge is 0.497 e. The van der Waals surface area contributed by atoms with Gasteiger partial charge in [-0.05, 0) is 18.2 Å². The van der Waals surface area contributed by atoms with Gasteiger partial charge >= 0.3 is 0 Å². The van der Waals surface area contributed by atoms with Crippen LogP contribution >= 0.6 is 0 Å². The molecule has 2 aromatic rings. The van der Waals surface area contributed by atoms with Crippen LogP contribution in [0.1, 0.15) is 30.5 Å². The van der Waals surface area contributed by atoms with Crippen LogP contribution in [0.2, 0.25) is 0 Å². The van der Waals surface area contributed by atoms with Crippen molar-refractivity contribution < 1.29 is 28.5 Å². The lowest BCUT2D eigenvalue weighted by atomic mass is 9.96. The summed E-state index contributed by atoms with van der Waals surface area (Å²) in [5, 5.41) is 6.06. The molecule has 3 rings (SSSR count). The number of benzene rings is 2. The molecular weight excluding hydrogens is 388 g/mol. The molecule has 8 heteroatoms. The Hall–Kier alpha value is -3.42. The number of nitrogens with zero attached hydrogens (tertiary/aromatic N) is 2. The van der Waals surface area contributed by atoms with Crippen LogP contribution in [0.25, 0.3) is 0 Å². The fraction of sp³-hybridized carbons (Fsp3) is 0.364. The summed E-state index contributed by atoms with van der Waals surface area (Å²) in [6, 6.07) is 8.59. The molecule has 0 saturated carbocycles. The fourth-order valence-corrected chi connectivity index (χ4v) is 3.59. The molecule has 1 atom stereocenters. The van der Waals surface area contributed by atoms with Crippen LogP contribution in [-0.4, -0.2) is 52.2 Å². The van der Waals surface area contributed by atoms with Crippen molar-refractivity contribution in [2.45, 2.75) is 19.4 Å². The average Bonchev–Trinajstić information content (AvgIpc) is 3.22. The number of hydrazone groups is 1. The van der Waals surface area contributed by atoms with Crippen LogP contribution in [0.3, 0.4) is 0 Å². The number of carbonyl (C=O) groups excluding carboxylic acids is 1. The minimum atomic E-state index is -0.413. The maximum absolute atomic E-state index is 12.5. The van der Waals surface area contributed by atoms with Gasteiger partial charge in [0.25, 0.3) is 0 Å². The van der Waals surface area contributed by atoms with E-state index in [2.05, 4.69) is 5.10 Å². The molecule has 1 aliphatic rings. The Morgan fingerprint density at radius 3 is 1.97 bits per heavy atom. The Labute approximate surface area is 175 Å². The molecule has 2 aromatic carbocycles. The van der Waals surface area contributed by atoms with Gasteiger partial charge in [0.15, 0.2) is 0 Å². The number of rotatable bonds is 7. The van der Waals surface area contributed by atoms with Crippen LogP contribution in [0, 0.1) is 0 Å². The molecule has 160 valence electrons. The van der Waals surface area contributed by atoms with Crippen molar-refractivity contribution in [3.05, 3.63) is 41.5 Å². The molecular formula is C22H26N2O6. The summed E-state index contributed by atoms with van der Waals surface area (Å²) in [5.41, 5.74) is 2.18. The van der Waals surface area contributed by atoms with E-state index < -0.39 is 6.04 Å². The highest BCUT2D eigenvalue weighted by atomic mass is 16.5. The van der Waals surface area contributed by atoms with Crippen molar-refractivity contribution in [2.75, 3.05) is 35.5 Å². The minimum absolute atomic E-state index is 0.197. The summed E-state index contributed by atoms with van der Waals surface area (Å²) in [6.07, 6.45) is 0.447. The molecule has 0 spiro atoms. The Morgan fingerprint density at radius 1 is 0.867 bits per heavy atom. The first kappa shape index (κ1) is 21.3. The SMILES string of the molecule is COc1cc(OC)c(C2CC(c3cc(OC)ccc3OC)=NN2C(C)=O)c(OC)c1. The first-order chi connectivity index (χ1) is 14.5. The van der Waals surface area contributed by atoms with Gasteiger partial charge in [0.05, 0.1) is 52.9 Å². The quantitative estimate of drug-likeness (QED) is 0.691. The highest BCUT2D eigenvalue weighted by Crippen LogP contribution is 2.45. The molecule has 0 aromatic heterocycles. The lowest BCUT2D eigenvalue weighted by molar-refractivity contribution is -0.130. The van der Waals surface area contributed by atoms with Gasteiger partial charge in [0.1, 0.15) is 28.7 Å². The number of hydrogen-bond acceptors (Lipinski definition) is 7. The van der Waals surface area contributed by atoms with Crippen LogP contribution in [0.4, 0.5) is 0 Å². The maximum atomic E-state index is 12.5. The zero-order chi connectivity index (χ0) is 21.8. The molecule has 8 nitrogen and oxygen atoms in total.